The first-order valence-electron chi connectivity index (χ1n) is 6.81. The van der Waals surface area contributed by atoms with Crippen molar-refractivity contribution in [2.75, 3.05) is 0 Å². The zero-order valence-corrected chi connectivity index (χ0v) is 13.8. The predicted molar refractivity (Wildman–Crippen MR) is 87.0 cm³/mol. The molecule has 0 saturated carbocycles. The smallest absolute Gasteiger partial charge is 0.329 e. The van der Waals surface area contributed by atoms with Crippen LogP contribution in [0.4, 0.5) is 0 Å². The lowest BCUT2D eigenvalue weighted by Crippen LogP contribution is -2.47. The van der Waals surface area contributed by atoms with Crippen molar-refractivity contribution in [3.8, 4) is 0 Å². The zero-order valence-electron chi connectivity index (χ0n) is 12.1. The summed E-state index contributed by atoms with van der Waals surface area (Å²) in [7, 11) is -3.87. The van der Waals surface area contributed by atoms with Gasteiger partial charge in [-0.1, -0.05) is 37.3 Å². The molecule has 22 heavy (non-hydrogen) atoms. The summed E-state index contributed by atoms with van der Waals surface area (Å²) in [5, 5.41) is 15.6. The highest BCUT2D eigenvalue weighted by Gasteiger charge is 2.43. The third-order valence-electron chi connectivity index (χ3n) is 3.51. The largest absolute Gasteiger partial charge is 0.480 e. The number of thiophene rings is 1. The first kappa shape index (κ1) is 16.9. The fourth-order valence-electron chi connectivity index (χ4n) is 2.35. The summed E-state index contributed by atoms with van der Waals surface area (Å²) in [5.41, 5.74) is -0.379. The molecule has 0 radical (unpaired) electrons. The third kappa shape index (κ3) is 3.65. The minimum atomic E-state index is -3.87. The Hall–Kier alpha value is -1.46. The summed E-state index contributed by atoms with van der Waals surface area (Å²) in [6.07, 6.45) is 0.0470. The van der Waals surface area contributed by atoms with Gasteiger partial charge in [-0.2, -0.15) is 11.3 Å². The van der Waals surface area contributed by atoms with Gasteiger partial charge >= 0.3 is 5.97 Å². The second kappa shape index (κ2) is 6.75. The lowest BCUT2D eigenvalue weighted by atomic mass is 9.91. The Morgan fingerprint density at radius 3 is 2.50 bits per heavy atom. The van der Waals surface area contributed by atoms with Crippen molar-refractivity contribution in [2.24, 2.45) is 0 Å². The van der Waals surface area contributed by atoms with Crippen LogP contribution in [-0.2, 0) is 21.1 Å². The molecule has 0 amide bonds. The Morgan fingerprint density at radius 2 is 2.00 bits per heavy atom. The molecule has 0 aliphatic heterocycles. The van der Waals surface area contributed by atoms with Gasteiger partial charge in [-0.25, -0.2) is 9.88 Å². The molecule has 0 saturated heterocycles. The van der Waals surface area contributed by atoms with Gasteiger partial charge in [0.15, 0.2) is 0 Å². The van der Waals surface area contributed by atoms with Crippen LogP contribution in [0.5, 0.6) is 0 Å². The average molecular weight is 339 g/mol. The molecule has 0 aliphatic carbocycles. The van der Waals surface area contributed by atoms with E-state index < -0.39 is 19.0 Å². The van der Waals surface area contributed by atoms with Crippen LogP contribution in [-0.4, -0.2) is 16.0 Å². The average Bonchev–Trinajstić information content (AvgIpc) is 2.99. The molecule has 0 spiro atoms. The molecule has 5 nitrogen and oxygen atoms in total. The fraction of sp³-hybridized carbons (Fsp3) is 0.267. The summed E-state index contributed by atoms with van der Waals surface area (Å²) in [6, 6.07) is 10.5. The van der Waals surface area contributed by atoms with E-state index in [4.69, 9.17) is 0 Å². The van der Waals surface area contributed by atoms with Gasteiger partial charge in [0.25, 0.3) is 7.52 Å². The van der Waals surface area contributed by atoms with Gasteiger partial charge in [0.1, 0.15) is 5.54 Å². The molecule has 0 aliphatic rings. The quantitative estimate of drug-likeness (QED) is 0.673. The molecule has 3 N–H and O–H groups in total. The van der Waals surface area contributed by atoms with Crippen LogP contribution in [0.25, 0.3) is 0 Å². The van der Waals surface area contributed by atoms with E-state index in [1.54, 1.807) is 48.0 Å². The normalized spacial score (nSPS) is 16.6. The maximum absolute atomic E-state index is 12.5. The monoisotopic (exact) mass is 339 g/mol. The number of benzene rings is 1. The predicted octanol–water partition coefficient (Wildman–Crippen LogP) is 3.41. The molecule has 2 unspecified atom stereocenters. The molecule has 1 heterocycles. The van der Waals surface area contributed by atoms with Crippen LogP contribution in [0, 0.1) is 0 Å². The van der Waals surface area contributed by atoms with E-state index in [1.165, 1.54) is 11.3 Å². The minimum Gasteiger partial charge on any atom is -0.480 e. The van der Waals surface area contributed by atoms with Crippen molar-refractivity contribution in [1.82, 2.24) is 5.09 Å². The minimum absolute atomic E-state index is 0.118. The first-order chi connectivity index (χ1) is 10.4. The van der Waals surface area contributed by atoms with Crippen LogP contribution in [0.15, 0.2) is 47.2 Å². The number of nitrogens with one attached hydrogen (secondary N) is 1. The highest BCUT2D eigenvalue weighted by Crippen LogP contribution is 2.46. The summed E-state index contributed by atoms with van der Waals surface area (Å²) < 4.78 is 12.5. The van der Waals surface area contributed by atoms with E-state index in [2.05, 4.69) is 5.09 Å². The molecule has 118 valence electrons. The first-order valence-corrected chi connectivity index (χ1v) is 9.59. The highest BCUT2D eigenvalue weighted by atomic mass is 32.1. The molecule has 2 aromatic rings. The van der Waals surface area contributed by atoms with Gasteiger partial charge in [-0.05, 0) is 34.4 Å². The second-order valence-electron chi connectivity index (χ2n) is 5.03. The van der Waals surface area contributed by atoms with Crippen LogP contribution in [0.3, 0.4) is 0 Å². The van der Waals surface area contributed by atoms with Gasteiger partial charge in [-0.3, -0.25) is 4.57 Å². The van der Waals surface area contributed by atoms with E-state index >= 15 is 0 Å². The van der Waals surface area contributed by atoms with Crippen molar-refractivity contribution in [3.63, 3.8) is 0 Å². The second-order valence-corrected chi connectivity index (χ2v) is 7.76. The SMILES string of the molecule is CCC(NP(=O)(O)Cc1ccccc1)(C(=O)O)c1ccsc1. The zero-order chi connectivity index (χ0) is 16.2. The van der Waals surface area contributed by atoms with E-state index in [9.17, 15) is 19.4 Å². The third-order valence-corrected chi connectivity index (χ3v) is 5.72. The topological polar surface area (TPSA) is 86.6 Å². The lowest BCUT2D eigenvalue weighted by Gasteiger charge is -2.31. The number of carbonyl (C=O) groups is 1. The summed E-state index contributed by atoms with van der Waals surface area (Å²) in [4.78, 5) is 22.1. The molecule has 2 rings (SSSR count). The van der Waals surface area contributed by atoms with Crippen molar-refractivity contribution < 1.29 is 19.4 Å². The summed E-state index contributed by atoms with van der Waals surface area (Å²) in [5.74, 6) is -1.16. The Labute approximate surface area is 133 Å². The van der Waals surface area contributed by atoms with E-state index in [1.807, 2.05) is 6.07 Å². The highest BCUT2D eigenvalue weighted by molar-refractivity contribution is 7.55. The van der Waals surface area contributed by atoms with Crippen LogP contribution >= 0.6 is 18.9 Å². The van der Waals surface area contributed by atoms with Crippen molar-refractivity contribution in [1.29, 1.82) is 0 Å². The number of carboxylic acid groups (broad SMARTS) is 1. The number of rotatable bonds is 7. The van der Waals surface area contributed by atoms with E-state index in [0.717, 1.165) is 0 Å². The molecule has 1 aromatic heterocycles. The molecular formula is C15H18NO4PS. The van der Waals surface area contributed by atoms with Crippen LogP contribution < -0.4 is 5.09 Å². The number of carboxylic acids is 1. The van der Waals surface area contributed by atoms with Gasteiger partial charge in [-0.15, -0.1) is 0 Å². The Bertz CT molecular complexity index is 674. The maximum Gasteiger partial charge on any atom is 0.329 e. The van der Waals surface area contributed by atoms with Gasteiger partial charge < -0.3 is 10.00 Å². The van der Waals surface area contributed by atoms with Crippen LogP contribution in [0.1, 0.15) is 24.5 Å². The summed E-state index contributed by atoms with van der Waals surface area (Å²) in [6.45, 7) is 1.68. The molecular weight excluding hydrogens is 321 g/mol. The summed E-state index contributed by atoms with van der Waals surface area (Å²) >= 11 is 1.35. The van der Waals surface area contributed by atoms with Crippen molar-refractivity contribution in [2.45, 2.75) is 25.0 Å². The van der Waals surface area contributed by atoms with Gasteiger partial charge in [0, 0.05) is 0 Å². The number of hydrogen-bond acceptors (Lipinski definition) is 3. The maximum atomic E-state index is 12.5. The van der Waals surface area contributed by atoms with E-state index in [0.29, 0.717) is 11.1 Å². The Kier molecular flexibility index (Phi) is 5.19. The van der Waals surface area contributed by atoms with Gasteiger partial charge in [0.05, 0.1) is 6.16 Å². The molecule has 1 aromatic carbocycles. The van der Waals surface area contributed by atoms with Crippen molar-refractivity contribution >= 4 is 24.8 Å². The number of aliphatic carboxylic acids is 1. The molecule has 7 heteroatoms. The lowest BCUT2D eigenvalue weighted by molar-refractivity contribution is -0.144. The Balaban J connectivity index is 2.31. The molecule has 0 bridgehead atoms. The van der Waals surface area contributed by atoms with E-state index in [-0.39, 0.29) is 12.6 Å². The Morgan fingerprint density at radius 1 is 1.32 bits per heavy atom. The van der Waals surface area contributed by atoms with Gasteiger partial charge in [0.2, 0.25) is 0 Å². The van der Waals surface area contributed by atoms with Crippen LogP contribution in [0.2, 0.25) is 0 Å². The molecule has 0 fully saturated rings. The molecule has 2 atom stereocenters. The standard InChI is InChI=1S/C15H18NO4PS/c1-2-15(14(17)18,13-8-9-22-11-13)16-21(19,20)10-12-6-4-3-5-7-12/h3-9,11H,2,10H2,1H3,(H,17,18)(H2,16,19,20). The number of hydrogen-bond donors (Lipinski definition) is 3. The van der Waals surface area contributed by atoms with Crippen molar-refractivity contribution in [3.05, 3.63) is 58.3 Å². The fourth-order valence-corrected chi connectivity index (χ4v) is 4.84.